The highest BCUT2D eigenvalue weighted by Gasteiger charge is 2.10. The van der Waals surface area contributed by atoms with Gasteiger partial charge < -0.3 is 14.7 Å². The molecular weight excluding hydrogens is 276 g/mol. The second-order valence-corrected chi connectivity index (χ2v) is 5.21. The molecule has 0 aliphatic rings. The Morgan fingerprint density at radius 3 is 3.05 bits per heavy atom. The van der Waals surface area contributed by atoms with Crippen molar-refractivity contribution < 1.29 is 9.32 Å². The van der Waals surface area contributed by atoms with Crippen LogP contribution < -0.4 is 5.32 Å². The summed E-state index contributed by atoms with van der Waals surface area (Å²) in [6, 6.07) is 1.91. The van der Waals surface area contributed by atoms with Crippen molar-refractivity contribution in [2.45, 2.75) is 26.3 Å². The Morgan fingerprint density at radius 2 is 2.40 bits per heavy atom. The van der Waals surface area contributed by atoms with Crippen LogP contribution in [0.4, 0.5) is 4.79 Å². The second kappa shape index (κ2) is 7.04. The van der Waals surface area contributed by atoms with E-state index in [1.54, 1.807) is 23.3 Å². The van der Waals surface area contributed by atoms with Crippen LogP contribution in [-0.4, -0.2) is 34.7 Å². The van der Waals surface area contributed by atoms with Gasteiger partial charge in [-0.1, -0.05) is 12.1 Å². The highest BCUT2D eigenvalue weighted by atomic mass is 32.1. The van der Waals surface area contributed by atoms with Crippen molar-refractivity contribution in [1.82, 2.24) is 20.4 Å². The topological polar surface area (TPSA) is 71.3 Å². The molecule has 2 amide bonds. The summed E-state index contributed by atoms with van der Waals surface area (Å²) >= 11 is 1.63. The standard InChI is InChI=1S/C13H18N4O2S/c1-3-12-15-11(16-19-12)4-6-14-13(18)17(2)8-10-5-7-20-9-10/h5,7,9H,3-4,6,8H2,1-2H3,(H,14,18). The number of hydrogen-bond donors (Lipinski definition) is 1. The van der Waals surface area contributed by atoms with Gasteiger partial charge in [0, 0.05) is 33.0 Å². The number of urea groups is 1. The number of nitrogens with one attached hydrogen (secondary N) is 1. The first-order valence-corrected chi connectivity index (χ1v) is 7.44. The van der Waals surface area contributed by atoms with E-state index in [2.05, 4.69) is 15.5 Å². The third-order valence-electron chi connectivity index (χ3n) is 2.78. The molecule has 0 radical (unpaired) electrons. The molecule has 0 saturated heterocycles. The van der Waals surface area contributed by atoms with Crippen LogP contribution >= 0.6 is 11.3 Å². The highest BCUT2D eigenvalue weighted by molar-refractivity contribution is 7.07. The number of aryl methyl sites for hydroxylation is 1. The van der Waals surface area contributed by atoms with Crippen molar-refractivity contribution in [1.29, 1.82) is 0 Å². The lowest BCUT2D eigenvalue weighted by Gasteiger charge is -2.16. The molecule has 7 heteroatoms. The molecule has 0 fully saturated rings. The lowest BCUT2D eigenvalue weighted by atomic mass is 10.3. The molecule has 0 bridgehead atoms. The molecule has 0 spiro atoms. The second-order valence-electron chi connectivity index (χ2n) is 4.43. The monoisotopic (exact) mass is 294 g/mol. The summed E-state index contributed by atoms with van der Waals surface area (Å²) in [6.45, 7) is 3.06. The van der Waals surface area contributed by atoms with Crippen LogP contribution in [0.5, 0.6) is 0 Å². The minimum absolute atomic E-state index is 0.101. The first-order valence-electron chi connectivity index (χ1n) is 6.50. The molecule has 2 rings (SSSR count). The van der Waals surface area contributed by atoms with Crippen molar-refractivity contribution in [3.8, 4) is 0 Å². The van der Waals surface area contributed by atoms with Gasteiger partial charge in [0.25, 0.3) is 0 Å². The molecule has 1 N–H and O–H groups in total. The molecule has 0 unspecified atom stereocenters. The Balaban J connectivity index is 1.71. The van der Waals surface area contributed by atoms with Crippen molar-refractivity contribution in [2.75, 3.05) is 13.6 Å². The fourth-order valence-electron chi connectivity index (χ4n) is 1.68. The van der Waals surface area contributed by atoms with E-state index in [1.807, 2.05) is 23.8 Å². The van der Waals surface area contributed by atoms with E-state index >= 15 is 0 Å². The molecule has 0 aromatic carbocycles. The lowest BCUT2D eigenvalue weighted by Crippen LogP contribution is -2.37. The largest absolute Gasteiger partial charge is 0.339 e. The third-order valence-corrected chi connectivity index (χ3v) is 3.52. The zero-order chi connectivity index (χ0) is 14.4. The molecular formula is C13H18N4O2S. The first-order chi connectivity index (χ1) is 9.69. The van der Waals surface area contributed by atoms with Crippen molar-refractivity contribution in [2.24, 2.45) is 0 Å². The van der Waals surface area contributed by atoms with E-state index < -0.39 is 0 Å². The van der Waals surface area contributed by atoms with Gasteiger partial charge in [0.05, 0.1) is 0 Å². The number of rotatable bonds is 6. The van der Waals surface area contributed by atoms with E-state index in [0.717, 1.165) is 12.0 Å². The van der Waals surface area contributed by atoms with Crippen molar-refractivity contribution in [3.05, 3.63) is 34.1 Å². The molecule has 2 heterocycles. The Hall–Kier alpha value is -1.89. The highest BCUT2D eigenvalue weighted by Crippen LogP contribution is 2.08. The van der Waals surface area contributed by atoms with E-state index in [4.69, 9.17) is 4.52 Å². The Morgan fingerprint density at radius 1 is 1.55 bits per heavy atom. The third kappa shape index (κ3) is 4.06. The molecule has 20 heavy (non-hydrogen) atoms. The quantitative estimate of drug-likeness (QED) is 0.885. The van der Waals surface area contributed by atoms with Gasteiger partial charge in [-0.25, -0.2) is 4.79 Å². The van der Waals surface area contributed by atoms with Crippen LogP contribution in [-0.2, 0) is 19.4 Å². The van der Waals surface area contributed by atoms with E-state index in [-0.39, 0.29) is 6.03 Å². The van der Waals surface area contributed by atoms with Crippen LogP contribution in [0.3, 0.4) is 0 Å². The fourth-order valence-corrected chi connectivity index (χ4v) is 2.34. The summed E-state index contributed by atoms with van der Waals surface area (Å²) in [6.07, 6.45) is 1.30. The maximum Gasteiger partial charge on any atom is 0.317 e. The summed E-state index contributed by atoms with van der Waals surface area (Å²) in [5.74, 6) is 1.25. The molecule has 108 valence electrons. The Kier molecular flexibility index (Phi) is 5.11. The molecule has 0 atom stereocenters. The van der Waals surface area contributed by atoms with Gasteiger partial charge in [-0.05, 0) is 22.4 Å². The predicted octanol–water partition coefficient (Wildman–Crippen LogP) is 2.08. The summed E-state index contributed by atoms with van der Waals surface area (Å²) in [7, 11) is 1.77. The molecule has 0 aliphatic carbocycles. The number of nitrogens with zero attached hydrogens (tertiary/aromatic N) is 3. The van der Waals surface area contributed by atoms with Gasteiger partial charge in [-0.2, -0.15) is 16.3 Å². The predicted molar refractivity (Wildman–Crippen MR) is 76.6 cm³/mol. The van der Waals surface area contributed by atoms with Gasteiger partial charge in [0.2, 0.25) is 5.89 Å². The molecule has 6 nitrogen and oxygen atoms in total. The van der Waals surface area contributed by atoms with Gasteiger partial charge in [-0.15, -0.1) is 0 Å². The minimum Gasteiger partial charge on any atom is -0.339 e. The minimum atomic E-state index is -0.101. The van der Waals surface area contributed by atoms with Crippen LogP contribution in [0.2, 0.25) is 0 Å². The normalized spacial score (nSPS) is 10.5. The summed E-state index contributed by atoms with van der Waals surface area (Å²) < 4.78 is 5.01. The van der Waals surface area contributed by atoms with E-state index in [1.165, 1.54) is 0 Å². The van der Waals surface area contributed by atoms with E-state index in [0.29, 0.717) is 31.2 Å². The molecule has 2 aromatic rings. The smallest absolute Gasteiger partial charge is 0.317 e. The van der Waals surface area contributed by atoms with Gasteiger partial charge in [0.1, 0.15) is 0 Å². The Bertz CT molecular complexity index is 538. The number of carbonyl (C=O) groups is 1. The van der Waals surface area contributed by atoms with Crippen LogP contribution in [0.25, 0.3) is 0 Å². The van der Waals surface area contributed by atoms with Crippen LogP contribution in [0.1, 0.15) is 24.2 Å². The maximum absolute atomic E-state index is 11.9. The fraction of sp³-hybridized carbons (Fsp3) is 0.462. The van der Waals surface area contributed by atoms with Crippen LogP contribution in [0, 0.1) is 0 Å². The van der Waals surface area contributed by atoms with Crippen molar-refractivity contribution in [3.63, 3.8) is 0 Å². The average Bonchev–Trinajstić information content (AvgIpc) is 3.09. The average molecular weight is 294 g/mol. The van der Waals surface area contributed by atoms with E-state index in [9.17, 15) is 4.79 Å². The molecule has 0 aliphatic heterocycles. The van der Waals surface area contributed by atoms with Gasteiger partial charge in [0.15, 0.2) is 5.82 Å². The number of carbonyl (C=O) groups excluding carboxylic acids is 1. The number of hydrogen-bond acceptors (Lipinski definition) is 5. The molecule has 2 aromatic heterocycles. The van der Waals surface area contributed by atoms with Crippen molar-refractivity contribution >= 4 is 17.4 Å². The number of thiophene rings is 1. The Labute approximate surface area is 121 Å². The SMILES string of the molecule is CCc1nc(CCNC(=O)N(C)Cc2ccsc2)no1. The summed E-state index contributed by atoms with van der Waals surface area (Å²) in [5.41, 5.74) is 1.14. The maximum atomic E-state index is 11.9. The summed E-state index contributed by atoms with van der Waals surface area (Å²) in [5, 5.41) is 10.7. The van der Waals surface area contributed by atoms with Gasteiger partial charge in [-0.3, -0.25) is 0 Å². The first kappa shape index (κ1) is 14.5. The zero-order valence-electron chi connectivity index (χ0n) is 11.6. The van der Waals surface area contributed by atoms with Gasteiger partial charge >= 0.3 is 6.03 Å². The van der Waals surface area contributed by atoms with Crippen LogP contribution in [0.15, 0.2) is 21.3 Å². The number of amides is 2. The molecule has 0 saturated carbocycles. The number of aromatic nitrogens is 2. The zero-order valence-corrected chi connectivity index (χ0v) is 12.4. The summed E-state index contributed by atoms with van der Waals surface area (Å²) in [4.78, 5) is 17.7. The lowest BCUT2D eigenvalue weighted by molar-refractivity contribution is 0.207.